The number of nitrogens with zero attached hydrogens (tertiary/aromatic N) is 1. The Morgan fingerprint density at radius 3 is 2.52 bits per heavy atom. The molecule has 0 saturated heterocycles. The molecule has 0 aliphatic heterocycles. The zero-order valence-corrected chi connectivity index (χ0v) is 15.0. The molecule has 25 heavy (non-hydrogen) atoms. The van der Waals surface area contributed by atoms with Crippen LogP contribution < -0.4 is 16.4 Å². The molecule has 1 saturated carbocycles. The molecule has 0 atom stereocenters. The highest BCUT2D eigenvalue weighted by Gasteiger charge is 2.32. The Morgan fingerprint density at radius 2 is 1.88 bits per heavy atom. The van der Waals surface area contributed by atoms with Crippen molar-refractivity contribution in [2.45, 2.75) is 49.0 Å². The molecule has 7 heteroatoms. The first kappa shape index (κ1) is 19.1. The molecular weight excluding hydrogens is 336 g/mol. The van der Waals surface area contributed by atoms with Crippen molar-refractivity contribution in [3.63, 3.8) is 0 Å². The van der Waals surface area contributed by atoms with Gasteiger partial charge in [-0.1, -0.05) is 37.8 Å². The summed E-state index contributed by atoms with van der Waals surface area (Å²) in [7, 11) is 0. The Balaban J connectivity index is 1.93. The van der Waals surface area contributed by atoms with Crippen molar-refractivity contribution < 1.29 is 9.59 Å². The van der Waals surface area contributed by atoms with Gasteiger partial charge in [-0.05, 0) is 25.0 Å². The Morgan fingerprint density at radius 1 is 1.20 bits per heavy atom. The highest BCUT2D eigenvalue weighted by molar-refractivity contribution is 8.00. The number of rotatable bonds is 7. The maximum absolute atomic E-state index is 12.3. The molecule has 0 radical (unpaired) electrons. The molecule has 2 rings (SSSR count). The van der Waals surface area contributed by atoms with E-state index in [1.165, 1.54) is 11.8 Å². The van der Waals surface area contributed by atoms with Crippen LogP contribution in [0.5, 0.6) is 0 Å². The molecule has 0 heterocycles. The van der Waals surface area contributed by atoms with Crippen LogP contribution in [0, 0.1) is 11.3 Å². The molecule has 2 amide bonds. The molecule has 1 fully saturated rings. The second-order valence-electron chi connectivity index (χ2n) is 6.26. The molecule has 4 N–H and O–H groups in total. The third-order valence-corrected chi connectivity index (χ3v) is 5.34. The largest absolute Gasteiger partial charge is 0.375 e. The first-order valence-corrected chi connectivity index (χ1v) is 9.49. The van der Waals surface area contributed by atoms with E-state index >= 15 is 0 Å². The van der Waals surface area contributed by atoms with Crippen LogP contribution in [-0.4, -0.2) is 29.7 Å². The first-order valence-electron chi connectivity index (χ1n) is 8.51. The molecule has 1 aliphatic carbocycles. The SMILES string of the molecule is N#CC1(NC(=O)CNc2ccccc2SCC(N)=O)CCCCCC1. The number of para-hydroxylation sites is 1. The second-order valence-corrected chi connectivity index (χ2v) is 7.28. The third-order valence-electron chi connectivity index (χ3n) is 4.25. The van der Waals surface area contributed by atoms with E-state index in [-0.39, 0.29) is 24.1 Å². The van der Waals surface area contributed by atoms with Crippen LogP contribution in [0.25, 0.3) is 0 Å². The predicted molar refractivity (Wildman–Crippen MR) is 99.0 cm³/mol. The van der Waals surface area contributed by atoms with Crippen LogP contribution in [0.4, 0.5) is 5.69 Å². The molecule has 134 valence electrons. The van der Waals surface area contributed by atoms with Gasteiger partial charge in [-0.25, -0.2) is 0 Å². The Hall–Kier alpha value is -2.20. The Bertz CT molecular complexity index is 649. The number of hydrogen-bond donors (Lipinski definition) is 3. The van der Waals surface area contributed by atoms with E-state index in [1.54, 1.807) is 0 Å². The van der Waals surface area contributed by atoms with Gasteiger partial charge in [-0.15, -0.1) is 11.8 Å². The molecule has 1 aliphatic rings. The second kappa shape index (κ2) is 9.33. The number of carbonyl (C=O) groups excluding carboxylic acids is 2. The maximum Gasteiger partial charge on any atom is 0.240 e. The van der Waals surface area contributed by atoms with Crippen LogP contribution in [0.15, 0.2) is 29.2 Å². The molecule has 1 aromatic carbocycles. The van der Waals surface area contributed by atoms with E-state index in [2.05, 4.69) is 16.7 Å². The summed E-state index contributed by atoms with van der Waals surface area (Å²) < 4.78 is 0. The zero-order valence-electron chi connectivity index (χ0n) is 14.2. The number of benzene rings is 1. The summed E-state index contributed by atoms with van der Waals surface area (Å²) in [5.41, 5.74) is 5.22. The fourth-order valence-corrected chi connectivity index (χ4v) is 3.74. The average Bonchev–Trinajstić information content (AvgIpc) is 2.85. The summed E-state index contributed by atoms with van der Waals surface area (Å²) in [4.78, 5) is 24.1. The molecule has 1 aromatic rings. The van der Waals surface area contributed by atoms with Crippen LogP contribution in [0.1, 0.15) is 38.5 Å². The highest BCUT2D eigenvalue weighted by atomic mass is 32.2. The first-order chi connectivity index (χ1) is 12.0. The smallest absolute Gasteiger partial charge is 0.240 e. The van der Waals surface area contributed by atoms with Crippen molar-refractivity contribution in [2.75, 3.05) is 17.6 Å². The van der Waals surface area contributed by atoms with Gasteiger partial charge in [0.1, 0.15) is 5.54 Å². The topological polar surface area (TPSA) is 108 Å². The van der Waals surface area contributed by atoms with Gasteiger partial charge in [-0.3, -0.25) is 9.59 Å². The summed E-state index contributed by atoms with van der Waals surface area (Å²) >= 11 is 1.33. The van der Waals surface area contributed by atoms with E-state index in [1.807, 2.05) is 24.3 Å². The number of nitriles is 1. The molecule has 0 spiro atoms. The van der Waals surface area contributed by atoms with Crippen LogP contribution in [0.3, 0.4) is 0 Å². The summed E-state index contributed by atoms with van der Waals surface area (Å²) in [5, 5.41) is 15.5. The summed E-state index contributed by atoms with van der Waals surface area (Å²) in [5.74, 6) is -0.400. The number of nitrogens with one attached hydrogen (secondary N) is 2. The van der Waals surface area contributed by atoms with E-state index in [4.69, 9.17) is 5.73 Å². The van der Waals surface area contributed by atoms with Gasteiger partial charge in [0.25, 0.3) is 0 Å². The van der Waals surface area contributed by atoms with Gasteiger partial charge in [0.2, 0.25) is 11.8 Å². The van der Waals surface area contributed by atoms with Crippen LogP contribution in [0.2, 0.25) is 0 Å². The van der Waals surface area contributed by atoms with E-state index in [0.29, 0.717) is 12.8 Å². The fourth-order valence-electron chi connectivity index (χ4n) is 2.97. The summed E-state index contributed by atoms with van der Waals surface area (Å²) in [6.07, 6.45) is 5.58. The molecule has 0 bridgehead atoms. The number of amides is 2. The number of thioether (sulfide) groups is 1. The summed E-state index contributed by atoms with van der Waals surface area (Å²) in [6.45, 7) is 0.0809. The van der Waals surface area contributed by atoms with E-state index < -0.39 is 5.54 Å². The number of anilines is 1. The minimum absolute atomic E-state index is 0.0809. The minimum Gasteiger partial charge on any atom is -0.375 e. The average molecular weight is 360 g/mol. The lowest BCUT2D eigenvalue weighted by Gasteiger charge is -2.26. The molecular formula is C18H24N4O2S. The highest BCUT2D eigenvalue weighted by Crippen LogP contribution is 2.28. The monoisotopic (exact) mass is 360 g/mol. The van der Waals surface area contributed by atoms with Gasteiger partial charge < -0.3 is 16.4 Å². The normalized spacial score (nSPS) is 16.3. The van der Waals surface area contributed by atoms with Gasteiger partial charge in [0.05, 0.1) is 18.4 Å². The zero-order chi connectivity index (χ0) is 18.1. The van der Waals surface area contributed by atoms with Gasteiger partial charge >= 0.3 is 0 Å². The van der Waals surface area contributed by atoms with Crippen LogP contribution in [-0.2, 0) is 9.59 Å². The van der Waals surface area contributed by atoms with Crippen molar-refractivity contribution >= 4 is 29.3 Å². The van der Waals surface area contributed by atoms with Crippen molar-refractivity contribution in [1.82, 2.24) is 5.32 Å². The van der Waals surface area contributed by atoms with Crippen LogP contribution >= 0.6 is 11.8 Å². The number of nitrogens with two attached hydrogens (primary N) is 1. The lowest BCUT2D eigenvalue weighted by Crippen LogP contribution is -2.49. The lowest BCUT2D eigenvalue weighted by molar-refractivity contribution is -0.121. The van der Waals surface area contributed by atoms with E-state index in [0.717, 1.165) is 36.3 Å². The van der Waals surface area contributed by atoms with Crippen molar-refractivity contribution in [2.24, 2.45) is 5.73 Å². The summed E-state index contributed by atoms with van der Waals surface area (Å²) in [6, 6.07) is 9.76. The van der Waals surface area contributed by atoms with Crippen molar-refractivity contribution in [3.8, 4) is 6.07 Å². The number of primary amides is 1. The fraction of sp³-hybridized carbons (Fsp3) is 0.500. The van der Waals surface area contributed by atoms with E-state index in [9.17, 15) is 14.9 Å². The Labute approximate surface area is 152 Å². The third kappa shape index (κ3) is 5.98. The van der Waals surface area contributed by atoms with Crippen molar-refractivity contribution in [1.29, 1.82) is 5.26 Å². The van der Waals surface area contributed by atoms with Gasteiger partial charge in [0.15, 0.2) is 0 Å². The lowest BCUT2D eigenvalue weighted by atomic mass is 9.92. The molecule has 6 nitrogen and oxygen atoms in total. The number of hydrogen-bond acceptors (Lipinski definition) is 5. The van der Waals surface area contributed by atoms with Gasteiger partial charge in [0, 0.05) is 10.6 Å². The quantitative estimate of drug-likeness (QED) is 0.511. The molecule has 0 aromatic heterocycles. The minimum atomic E-state index is -0.741. The maximum atomic E-state index is 12.3. The molecule has 0 unspecified atom stereocenters. The Kier molecular flexibility index (Phi) is 7.14. The standard InChI is InChI=1S/C18H24N4O2S/c19-13-18(9-5-1-2-6-10-18)22-17(24)11-21-14-7-3-4-8-15(14)25-12-16(20)23/h3-4,7-8,21H,1-2,5-6,9-12H2,(H2,20,23)(H,22,24). The number of carbonyl (C=O) groups is 2. The predicted octanol–water partition coefficient (Wildman–Crippen LogP) is 2.41. The van der Waals surface area contributed by atoms with Gasteiger partial charge in [-0.2, -0.15) is 5.26 Å². The van der Waals surface area contributed by atoms with Crippen molar-refractivity contribution in [3.05, 3.63) is 24.3 Å².